The summed E-state index contributed by atoms with van der Waals surface area (Å²) in [5.41, 5.74) is 1.87. The number of pyridine rings is 1. The van der Waals surface area contributed by atoms with Crippen LogP contribution < -0.4 is 4.74 Å². The largest absolute Gasteiger partial charge is 0.503 e. The number of ether oxygens (including phenoxy) is 3. The van der Waals surface area contributed by atoms with Crippen LogP contribution in [0, 0.1) is 0 Å². The Labute approximate surface area is 129 Å². The first kappa shape index (κ1) is 15.6. The van der Waals surface area contributed by atoms with Gasteiger partial charge in [-0.15, -0.1) is 0 Å². The Kier molecular flexibility index (Phi) is 5.54. The van der Waals surface area contributed by atoms with Crippen LogP contribution in [-0.2, 0) is 20.9 Å². The van der Waals surface area contributed by atoms with E-state index in [9.17, 15) is 4.79 Å². The van der Waals surface area contributed by atoms with E-state index in [1.165, 1.54) is 20.5 Å². The van der Waals surface area contributed by atoms with Crippen LogP contribution in [0.4, 0.5) is 0 Å². The van der Waals surface area contributed by atoms with E-state index < -0.39 is 5.97 Å². The minimum atomic E-state index is -0.466. The molecule has 0 aliphatic heterocycles. The van der Waals surface area contributed by atoms with Crippen molar-refractivity contribution in [2.75, 3.05) is 14.2 Å². The summed E-state index contributed by atoms with van der Waals surface area (Å²) in [6.45, 7) is 0.283. The zero-order valence-corrected chi connectivity index (χ0v) is 12.5. The fraction of sp³-hybridized carbons (Fsp3) is 0.176. The lowest BCUT2D eigenvalue weighted by molar-refractivity contribution is -0.133. The van der Waals surface area contributed by atoms with E-state index in [4.69, 9.17) is 14.2 Å². The van der Waals surface area contributed by atoms with E-state index >= 15 is 0 Å². The fourth-order valence-electron chi connectivity index (χ4n) is 1.94. The second-order valence-corrected chi connectivity index (χ2v) is 4.37. The normalized spacial score (nSPS) is 10.9. The van der Waals surface area contributed by atoms with Crippen LogP contribution in [0.5, 0.6) is 5.88 Å². The number of methoxy groups -OCH3 is 2. The molecule has 0 atom stereocenters. The van der Waals surface area contributed by atoms with E-state index in [0.29, 0.717) is 17.0 Å². The molecule has 0 saturated heterocycles. The number of nitrogens with zero attached hydrogens (tertiary/aromatic N) is 1. The van der Waals surface area contributed by atoms with Gasteiger partial charge in [-0.2, -0.15) is 0 Å². The predicted octanol–water partition coefficient (Wildman–Crippen LogP) is 2.82. The summed E-state index contributed by atoms with van der Waals surface area (Å²) in [5.74, 6) is 0.0554. The molecule has 1 heterocycles. The average molecular weight is 299 g/mol. The molecule has 2 rings (SSSR count). The highest BCUT2D eigenvalue weighted by atomic mass is 16.5. The summed E-state index contributed by atoms with van der Waals surface area (Å²) in [6, 6.07) is 12.9. The topological polar surface area (TPSA) is 57.7 Å². The lowest BCUT2D eigenvalue weighted by atomic mass is 10.0. The van der Waals surface area contributed by atoms with Gasteiger partial charge in [0.1, 0.15) is 12.2 Å². The molecule has 0 amide bonds. The Balaban J connectivity index is 2.26. The highest BCUT2D eigenvalue weighted by Crippen LogP contribution is 2.22. The maximum Gasteiger partial charge on any atom is 0.341 e. The zero-order chi connectivity index (χ0) is 15.8. The number of rotatable bonds is 6. The van der Waals surface area contributed by atoms with Gasteiger partial charge in [-0.1, -0.05) is 30.3 Å². The molecule has 0 aliphatic rings. The molecule has 0 unspecified atom stereocenters. The summed E-state index contributed by atoms with van der Waals surface area (Å²) < 4.78 is 15.4. The minimum absolute atomic E-state index is 0.283. The van der Waals surface area contributed by atoms with Gasteiger partial charge in [0.2, 0.25) is 5.88 Å². The fourth-order valence-corrected chi connectivity index (χ4v) is 1.94. The molecule has 0 N–H and O–H groups in total. The molecule has 2 aromatic rings. The molecular formula is C17H17NO4. The SMILES string of the molecule is CO/C=C(/C(=O)OC)c1ccccc1COc1ccccn1. The first-order valence-corrected chi connectivity index (χ1v) is 6.69. The van der Waals surface area contributed by atoms with Crippen molar-refractivity contribution in [1.82, 2.24) is 4.98 Å². The lowest BCUT2D eigenvalue weighted by Crippen LogP contribution is -2.08. The van der Waals surface area contributed by atoms with Gasteiger partial charge in [-0.05, 0) is 17.2 Å². The Bertz CT molecular complexity index is 653. The van der Waals surface area contributed by atoms with Crippen LogP contribution in [0.1, 0.15) is 11.1 Å². The number of benzene rings is 1. The standard InChI is InChI=1S/C17H17NO4/c1-20-12-15(17(19)21-2)14-8-4-3-7-13(14)11-22-16-9-5-6-10-18-16/h3-10,12H,11H2,1-2H3/b15-12+. The lowest BCUT2D eigenvalue weighted by Gasteiger charge is -2.12. The molecule has 5 nitrogen and oxygen atoms in total. The van der Waals surface area contributed by atoms with Gasteiger partial charge in [-0.25, -0.2) is 9.78 Å². The van der Waals surface area contributed by atoms with Crippen molar-refractivity contribution >= 4 is 11.5 Å². The highest BCUT2D eigenvalue weighted by Gasteiger charge is 2.16. The van der Waals surface area contributed by atoms with Gasteiger partial charge in [0, 0.05) is 12.3 Å². The van der Waals surface area contributed by atoms with Crippen molar-refractivity contribution in [3.05, 3.63) is 66.1 Å². The van der Waals surface area contributed by atoms with Crippen LogP contribution in [-0.4, -0.2) is 25.2 Å². The van der Waals surface area contributed by atoms with Crippen molar-refractivity contribution in [1.29, 1.82) is 0 Å². The maximum absolute atomic E-state index is 11.9. The van der Waals surface area contributed by atoms with Crippen molar-refractivity contribution in [3.8, 4) is 5.88 Å². The molecular weight excluding hydrogens is 282 g/mol. The van der Waals surface area contributed by atoms with Gasteiger partial charge < -0.3 is 14.2 Å². The molecule has 22 heavy (non-hydrogen) atoms. The van der Waals surface area contributed by atoms with Gasteiger partial charge in [0.25, 0.3) is 0 Å². The Morgan fingerprint density at radius 1 is 1.14 bits per heavy atom. The second kappa shape index (κ2) is 7.83. The van der Waals surface area contributed by atoms with Crippen molar-refractivity contribution in [3.63, 3.8) is 0 Å². The molecule has 0 fully saturated rings. The monoisotopic (exact) mass is 299 g/mol. The molecule has 0 saturated carbocycles. The van der Waals surface area contributed by atoms with Crippen molar-refractivity contribution in [2.45, 2.75) is 6.61 Å². The first-order valence-electron chi connectivity index (χ1n) is 6.69. The van der Waals surface area contributed by atoms with E-state index in [1.54, 1.807) is 12.3 Å². The average Bonchev–Trinajstić information content (AvgIpc) is 2.58. The number of carbonyl (C=O) groups excluding carboxylic acids is 1. The van der Waals surface area contributed by atoms with Crippen LogP contribution in [0.3, 0.4) is 0 Å². The summed E-state index contributed by atoms with van der Waals surface area (Å²) >= 11 is 0. The molecule has 114 valence electrons. The second-order valence-electron chi connectivity index (χ2n) is 4.37. The van der Waals surface area contributed by atoms with E-state index in [1.807, 2.05) is 36.4 Å². The predicted molar refractivity (Wildman–Crippen MR) is 82.0 cm³/mol. The van der Waals surface area contributed by atoms with Crippen LogP contribution in [0.15, 0.2) is 54.9 Å². The minimum Gasteiger partial charge on any atom is -0.503 e. The van der Waals surface area contributed by atoms with Crippen LogP contribution in [0.25, 0.3) is 5.57 Å². The van der Waals surface area contributed by atoms with Gasteiger partial charge >= 0.3 is 5.97 Å². The van der Waals surface area contributed by atoms with Gasteiger partial charge in [0.15, 0.2) is 0 Å². The van der Waals surface area contributed by atoms with E-state index in [0.717, 1.165) is 5.56 Å². The number of hydrogen-bond donors (Lipinski definition) is 0. The Morgan fingerprint density at radius 2 is 1.91 bits per heavy atom. The molecule has 0 radical (unpaired) electrons. The number of carbonyl (C=O) groups is 1. The summed E-state index contributed by atoms with van der Waals surface area (Å²) in [6.07, 6.45) is 3.03. The van der Waals surface area contributed by atoms with Gasteiger partial charge in [-0.3, -0.25) is 0 Å². The molecule has 1 aromatic carbocycles. The number of esters is 1. The number of hydrogen-bond acceptors (Lipinski definition) is 5. The highest BCUT2D eigenvalue weighted by molar-refractivity contribution is 6.16. The Morgan fingerprint density at radius 3 is 2.59 bits per heavy atom. The summed E-state index contributed by atoms with van der Waals surface area (Å²) in [4.78, 5) is 16.0. The first-order chi connectivity index (χ1) is 10.8. The number of aromatic nitrogens is 1. The smallest absolute Gasteiger partial charge is 0.341 e. The summed E-state index contributed by atoms with van der Waals surface area (Å²) in [5, 5.41) is 0. The van der Waals surface area contributed by atoms with E-state index in [-0.39, 0.29) is 6.61 Å². The van der Waals surface area contributed by atoms with Gasteiger partial charge in [0.05, 0.1) is 20.5 Å². The zero-order valence-electron chi connectivity index (χ0n) is 12.5. The van der Waals surface area contributed by atoms with E-state index in [2.05, 4.69) is 4.98 Å². The molecule has 1 aromatic heterocycles. The van der Waals surface area contributed by atoms with Crippen LogP contribution in [0.2, 0.25) is 0 Å². The molecule has 0 aliphatic carbocycles. The third kappa shape index (κ3) is 3.85. The molecule has 5 heteroatoms. The third-order valence-electron chi connectivity index (χ3n) is 2.96. The van der Waals surface area contributed by atoms with Crippen LogP contribution >= 0.6 is 0 Å². The Hall–Kier alpha value is -2.82. The quantitative estimate of drug-likeness (QED) is 0.466. The molecule has 0 bridgehead atoms. The van der Waals surface area contributed by atoms with Crippen molar-refractivity contribution in [2.24, 2.45) is 0 Å². The third-order valence-corrected chi connectivity index (χ3v) is 2.96. The maximum atomic E-state index is 11.9. The molecule has 0 spiro atoms. The summed E-state index contributed by atoms with van der Waals surface area (Å²) in [7, 11) is 2.81. The van der Waals surface area contributed by atoms with Crippen molar-refractivity contribution < 1.29 is 19.0 Å².